The molecule has 0 saturated carbocycles. The summed E-state index contributed by atoms with van der Waals surface area (Å²) in [5.74, 6) is -2.48. The molecule has 0 radical (unpaired) electrons. The topological polar surface area (TPSA) is 104 Å². The van der Waals surface area contributed by atoms with Crippen molar-refractivity contribution in [2.75, 3.05) is 17.3 Å². The van der Waals surface area contributed by atoms with E-state index in [9.17, 15) is 44.9 Å². The van der Waals surface area contributed by atoms with E-state index in [0.29, 0.717) is 17.0 Å². The van der Waals surface area contributed by atoms with Gasteiger partial charge in [0.25, 0.3) is 5.91 Å². The van der Waals surface area contributed by atoms with Crippen LogP contribution in [0.4, 0.5) is 32.0 Å². The Morgan fingerprint density at radius 3 is 2.16 bits per heavy atom. The van der Waals surface area contributed by atoms with Gasteiger partial charge in [-0.25, -0.2) is 4.79 Å². The number of benzene rings is 2. The zero-order chi connectivity index (χ0) is 33.3. The summed E-state index contributed by atoms with van der Waals surface area (Å²) in [5.41, 5.74) is -2.95. The molecule has 2 atom stereocenters. The molecule has 2 aromatic carbocycles. The summed E-state index contributed by atoms with van der Waals surface area (Å²) in [6, 6.07) is 6.65. The summed E-state index contributed by atoms with van der Waals surface area (Å²) in [7, 11) is -1.34. The van der Waals surface area contributed by atoms with Gasteiger partial charge in [0.1, 0.15) is 10.4 Å². The Morgan fingerprint density at radius 2 is 1.62 bits per heavy atom. The van der Waals surface area contributed by atoms with Gasteiger partial charge in [-0.15, -0.1) is 11.3 Å². The van der Waals surface area contributed by atoms with Gasteiger partial charge < -0.3 is 10.4 Å². The Hall–Kier alpha value is -3.54. The summed E-state index contributed by atoms with van der Waals surface area (Å²) in [6.07, 6.45) is -7.29. The number of thioether (sulfide) groups is 1. The highest BCUT2D eigenvalue weighted by atomic mass is 32.2. The van der Waals surface area contributed by atoms with E-state index in [4.69, 9.17) is 17.3 Å². The standard InChI is InChI=1S/C28H20F6N2O5S4/c1-45(41)7-6-21(23(37)35-19-4-2-14(3-5-19)25(39)40)36-24(38)22(44-26(36)42)12-20-10-16(13-43-20)15-8-17(27(29,30)31)11-18(9-15)28(32,33)34/h2-5,8-13,21H,6-7H2,1H3,(H,35,37)(H,39,40)/t21-,45?/m0/s1. The summed E-state index contributed by atoms with van der Waals surface area (Å²) < 4.78 is 91.8. The molecule has 238 valence electrons. The second-order valence-electron chi connectivity index (χ2n) is 9.54. The molecule has 1 saturated heterocycles. The predicted molar refractivity (Wildman–Crippen MR) is 164 cm³/mol. The number of hydrogen-bond donors (Lipinski definition) is 2. The number of hydrogen-bond acceptors (Lipinski definition) is 7. The zero-order valence-electron chi connectivity index (χ0n) is 22.7. The van der Waals surface area contributed by atoms with Crippen LogP contribution in [-0.4, -0.2) is 54.4 Å². The average molecular weight is 707 g/mol. The van der Waals surface area contributed by atoms with Crippen LogP contribution in [0.3, 0.4) is 0 Å². The number of amides is 2. The Morgan fingerprint density at radius 1 is 1.02 bits per heavy atom. The second kappa shape index (κ2) is 13.4. The molecule has 2 amide bonds. The van der Waals surface area contributed by atoms with Crippen LogP contribution in [0.1, 0.15) is 32.8 Å². The molecule has 1 aromatic heterocycles. The molecule has 3 aromatic rings. The van der Waals surface area contributed by atoms with Crippen molar-refractivity contribution in [1.29, 1.82) is 0 Å². The Labute approximate surface area is 267 Å². The van der Waals surface area contributed by atoms with Crippen LogP contribution in [0.5, 0.6) is 0 Å². The van der Waals surface area contributed by atoms with Gasteiger partial charge in [0.05, 0.1) is 21.6 Å². The number of halogens is 6. The lowest BCUT2D eigenvalue weighted by molar-refractivity contribution is -0.143. The number of rotatable bonds is 9. The first-order valence-electron chi connectivity index (χ1n) is 12.5. The van der Waals surface area contributed by atoms with Crippen LogP contribution in [0, 0.1) is 0 Å². The summed E-state index contributed by atoms with van der Waals surface area (Å²) in [4.78, 5) is 39.3. The maximum Gasteiger partial charge on any atom is 0.416 e. The van der Waals surface area contributed by atoms with E-state index in [-0.39, 0.29) is 49.8 Å². The summed E-state index contributed by atoms with van der Waals surface area (Å²) in [6.45, 7) is 0. The van der Waals surface area contributed by atoms with Crippen molar-refractivity contribution in [3.63, 3.8) is 0 Å². The van der Waals surface area contributed by atoms with Crippen LogP contribution < -0.4 is 5.32 Å². The molecular weight excluding hydrogens is 687 g/mol. The minimum Gasteiger partial charge on any atom is -0.478 e. The average Bonchev–Trinajstić information content (AvgIpc) is 3.52. The maximum atomic E-state index is 13.5. The fourth-order valence-corrected chi connectivity index (χ4v) is 6.98. The van der Waals surface area contributed by atoms with E-state index < -0.39 is 58.1 Å². The van der Waals surface area contributed by atoms with Gasteiger partial charge in [0.15, 0.2) is 0 Å². The lowest BCUT2D eigenvalue weighted by atomic mass is 10.0. The minimum absolute atomic E-state index is 0.000938. The Kier molecular flexibility index (Phi) is 10.3. The molecule has 0 aliphatic carbocycles. The van der Waals surface area contributed by atoms with Gasteiger partial charge in [0, 0.05) is 33.4 Å². The van der Waals surface area contributed by atoms with Crippen LogP contribution in [0.2, 0.25) is 0 Å². The lowest BCUT2D eigenvalue weighted by Crippen LogP contribution is -2.47. The van der Waals surface area contributed by atoms with E-state index in [1.807, 2.05) is 0 Å². The van der Waals surface area contributed by atoms with Gasteiger partial charge in [-0.1, -0.05) is 24.0 Å². The van der Waals surface area contributed by atoms with Crippen LogP contribution in [-0.2, 0) is 32.7 Å². The van der Waals surface area contributed by atoms with Crippen molar-refractivity contribution in [2.45, 2.75) is 24.8 Å². The number of carboxylic acid groups (broad SMARTS) is 1. The zero-order valence-corrected chi connectivity index (χ0v) is 26.0. The summed E-state index contributed by atoms with van der Waals surface area (Å²) >= 11 is 7.18. The van der Waals surface area contributed by atoms with Crippen molar-refractivity contribution in [3.05, 3.63) is 80.4 Å². The smallest absolute Gasteiger partial charge is 0.416 e. The number of thiophene rings is 1. The van der Waals surface area contributed by atoms with Crippen molar-refractivity contribution in [2.24, 2.45) is 0 Å². The molecule has 2 heterocycles. The number of alkyl halides is 6. The van der Waals surface area contributed by atoms with Crippen molar-refractivity contribution in [1.82, 2.24) is 4.90 Å². The van der Waals surface area contributed by atoms with Crippen molar-refractivity contribution in [3.8, 4) is 11.1 Å². The molecular formula is C28H20F6N2O5S4. The third-order valence-electron chi connectivity index (χ3n) is 6.33. The predicted octanol–water partition coefficient (Wildman–Crippen LogP) is 7.13. The molecule has 1 aliphatic rings. The molecule has 0 spiro atoms. The molecule has 45 heavy (non-hydrogen) atoms. The van der Waals surface area contributed by atoms with E-state index in [1.165, 1.54) is 48.0 Å². The van der Waals surface area contributed by atoms with E-state index >= 15 is 0 Å². The number of nitrogens with one attached hydrogen (secondary N) is 1. The van der Waals surface area contributed by atoms with Gasteiger partial charge in [-0.05, 0) is 77.5 Å². The Bertz CT molecular complexity index is 1680. The molecule has 1 aliphatic heterocycles. The van der Waals surface area contributed by atoms with E-state index in [2.05, 4.69) is 5.32 Å². The third-order valence-corrected chi connectivity index (χ3v) is 9.35. The van der Waals surface area contributed by atoms with Crippen LogP contribution in [0.25, 0.3) is 17.2 Å². The molecule has 4 rings (SSSR count). The largest absolute Gasteiger partial charge is 0.478 e. The number of carboxylic acids is 1. The first kappa shape index (κ1) is 34.3. The maximum absolute atomic E-state index is 13.5. The monoisotopic (exact) mass is 706 g/mol. The van der Waals surface area contributed by atoms with Gasteiger partial charge in [0.2, 0.25) is 5.91 Å². The molecule has 1 fully saturated rings. The third kappa shape index (κ3) is 8.39. The quantitative estimate of drug-likeness (QED) is 0.139. The van der Waals surface area contributed by atoms with Crippen molar-refractivity contribution >= 4 is 80.0 Å². The fraction of sp³-hybridized carbons (Fsp3) is 0.214. The number of aromatic carboxylic acids is 1. The highest BCUT2D eigenvalue weighted by Crippen LogP contribution is 2.41. The highest BCUT2D eigenvalue weighted by Gasteiger charge is 2.41. The van der Waals surface area contributed by atoms with Gasteiger partial charge >= 0.3 is 18.3 Å². The van der Waals surface area contributed by atoms with Crippen LogP contribution >= 0.6 is 35.3 Å². The number of thiocarbonyl (C=S) groups is 1. The second-order valence-corrected chi connectivity index (χ2v) is 13.7. The van der Waals surface area contributed by atoms with Gasteiger partial charge in [-0.3, -0.25) is 18.7 Å². The molecule has 2 N–H and O–H groups in total. The van der Waals surface area contributed by atoms with Crippen molar-refractivity contribution < 1.29 is 50.0 Å². The molecule has 17 heteroatoms. The normalized spacial score (nSPS) is 16.2. The van der Waals surface area contributed by atoms with E-state index in [0.717, 1.165) is 28.0 Å². The molecule has 1 unspecified atom stereocenters. The lowest BCUT2D eigenvalue weighted by Gasteiger charge is -2.25. The summed E-state index contributed by atoms with van der Waals surface area (Å²) in [5, 5.41) is 13.0. The number of nitrogens with zero attached hydrogens (tertiary/aromatic N) is 1. The Balaban J connectivity index is 1.61. The van der Waals surface area contributed by atoms with Crippen LogP contribution in [0.15, 0.2) is 58.8 Å². The molecule has 0 bridgehead atoms. The first-order chi connectivity index (χ1) is 20.9. The number of anilines is 1. The molecule has 7 nitrogen and oxygen atoms in total. The number of carbonyl (C=O) groups excluding carboxylic acids is 2. The number of carbonyl (C=O) groups is 3. The van der Waals surface area contributed by atoms with E-state index in [1.54, 1.807) is 0 Å². The highest BCUT2D eigenvalue weighted by molar-refractivity contribution is 8.26. The minimum atomic E-state index is -5.02. The SMILES string of the molecule is CS(=O)CC[C@@H](C(=O)Nc1ccc(C(=O)O)cc1)N1C(=O)C(=Cc2cc(-c3cc(C(F)(F)F)cc(C(F)(F)F)c3)cs2)SC1=S. The fourth-order valence-electron chi connectivity index (χ4n) is 4.16. The first-order valence-corrected chi connectivity index (χ1v) is 16.4. The van der Waals surface area contributed by atoms with Gasteiger partial charge in [-0.2, -0.15) is 26.3 Å².